The zero-order chi connectivity index (χ0) is 20.4. The minimum atomic E-state index is -2.91. The van der Waals surface area contributed by atoms with Gasteiger partial charge in [-0.2, -0.15) is 14.0 Å². The highest BCUT2D eigenvalue weighted by Gasteiger charge is 2.23. The second-order valence-corrected chi connectivity index (χ2v) is 6.63. The van der Waals surface area contributed by atoms with Gasteiger partial charge >= 0.3 is 6.61 Å². The summed E-state index contributed by atoms with van der Waals surface area (Å²) in [5, 5.41) is 10.2. The Bertz CT molecular complexity index is 1080. The lowest BCUT2D eigenvalue weighted by Crippen LogP contribution is -2.47. The Kier molecular flexibility index (Phi) is 5.08. The number of benzene rings is 1. The summed E-state index contributed by atoms with van der Waals surface area (Å²) in [5.41, 5.74) is 1.71. The summed E-state index contributed by atoms with van der Waals surface area (Å²) in [4.78, 5) is 17.1. The zero-order valence-corrected chi connectivity index (χ0v) is 15.7. The Morgan fingerprint density at radius 3 is 2.55 bits per heavy atom. The summed E-state index contributed by atoms with van der Waals surface area (Å²) in [6.07, 6.45) is 3.25. The molecule has 0 bridgehead atoms. The number of piperazine rings is 1. The summed E-state index contributed by atoms with van der Waals surface area (Å²) < 4.78 is 29.8. The molecule has 1 aliphatic heterocycles. The number of fused-ring (bicyclic) bond motifs is 1. The van der Waals surface area contributed by atoms with Crippen molar-refractivity contribution in [3.63, 3.8) is 0 Å². The fourth-order valence-electron chi connectivity index (χ4n) is 3.54. The lowest BCUT2D eigenvalue weighted by Gasteiger charge is -2.37. The molecule has 3 aromatic rings. The van der Waals surface area contributed by atoms with Gasteiger partial charge in [0.1, 0.15) is 23.5 Å². The maximum atomic E-state index is 12.6. The summed E-state index contributed by atoms with van der Waals surface area (Å²) >= 11 is 0. The first-order valence-corrected chi connectivity index (χ1v) is 9.12. The summed E-state index contributed by atoms with van der Waals surface area (Å²) in [5.74, 6) is 1.62. The fourth-order valence-corrected chi connectivity index (χ4v) is 3.54. The molecular weight excluding hydrogens is 378 g/mol. The van der Waals surface area contributed by atoms with Crippen molar-refractivity contribution in [3.05, 3.63) is 48.0 Å². The number of aryl methyl sites for hydroxylation is 1. The minimum Gasteiger partial charge on any atom is -0.435 e. The Hall–Kier alpha value is -3.54. The quantitative estimate of drug-likeness (QED) is 0.670. The molecule has 0 radical (unpaired) electrons. The average Bonchev–Trinajstić information content (AvgIpc) is 2.72. The second-order valence-electron chi connectivity index (χ2n) is 6.63. The molecule has 0 atom stereocenters. The molecule has 148 valence electrons. The van der Waals surface area contributed by atoms with Crippen molar-refractivity contribution in [2.75, 3.05) is 36.0 Å². The molecule has 9 heteroatoms. The second kappa shape index (κ2) is 7.83. The minimum absolute atomic E-state index is 0.0423. The van der Waals surface area contributed by atoms with Crippen molar-refractivity contribution < 1.29 is 13.5 Å². The van der Waals surface area contributed by atoms with E-state index in [9.17, 15) is 14.0 Å². The van der Waals surface area contributed by atoms with Crippen LogP contribution >= 0.6 is 0 Å². The predicted molar refractivity (Wildman–Crippen MR) is 104 cm³/mol. The molecule has 3 heterocycles. The number of hydrogen-bond acceptors (Lipinski definition) is 7. The van der Waals surface area contributed by atoms with Gasteiger partial charge in [0.2, 0.25) is 0 Å². The van der Waals surface area contributed by atoms with E-state index in [0.29, 0.717) is 54.2 Å². The summed E-state index contributed by atoms with van der Waals surface area (Å²) in [6, 6.07) is 8.63. The van der Waals surface area contributed by atoms with Gasteiger partial charge in [0.15, 0.2) is 0 Å². The number of hydrogen-bond donors (Lipinski definition) is 0. The van der Waals surface area contributed by atoms with Crippen LogP contribution in [0.15, 0.2) is 36.7 Å². The van der Waals surface area contributed by atoms with Crippen molar-refractivity contribution in [1.29, 1.82) is 5.26 Å². The van der Waals surface area contributed by atoms with E-state index in [2.05, 4.69) is 35.6 Å². The van der Waals surface area contributed by atoms with E-state index in [1.54, 1.807) is 12.3 Å². The fraction of sp³-hybridized carbons (Fsp3) is 0.300. The molecule has 0 unspecified atom stereocenters. The number of nitrogens with zero attached hydrogens (tertiary/aromatic N) is 6. The standard InChI is InChI=1S/C20H18F2N6O/c1-13-24-5-4-18(26-13)27-6-8-28(9-7-27)19-14(11-23)12-25-17-3-2-15(10-16(17)19)29-20(21)22/h2-5,10,12,20H,6-9H2,1H3. The Labute approximate surface area is 166 Å². The number of pyridine rings is 1. The summed E-state index contributed by atoms with van der Waals surface area (Å²) in [6.45, 7) is 1.65. The summed E-state index contributed by atoms with van der Waals surface area (Å²) in [7, 11) is 0. The molecular formula is C20H18F2N6O. The molecule has 0 saturated carbocycles. The van der Waals surface area contributed by atoms with Crippen LogP contribution in [0.2, 0.25) is 0 Å². The number of rotatable bonds is 4. The van der Waals surface area contributed by atoms with Crippen molar-refractivity contribution in [3.8, 4) is 11.8 Å². The van der Waals surface area contributed by atoms with Crippen molar-refractivity contribution in [2.45, 2.75) is 13.5 Å². The largest absolute Gasteiger partial charge is 0.435 e. The Morgan fingerprint density at radius 1 is 1.10 bits per heavy atom. The van der Waals surface area contributed by atoms with E-state index in [1.165, 1.54) is 18.3 Å². The van der Waals surface area contributed by atoms with Crippen LogP contribution in [0, 0.1) is 18.3 Å². The van der Waals surface area contributed by atoms with Crippen LogP contribution in [0.25, 0.3) is 10.9 Å². The first-order valence-electron chi connectivity index (χ1n) is 9.12. The van der Waals surface area contributed by atoms with Crippen molar-refractivity contribution in [2.24, 2.45) is 0 Å². The van der Waals surface area contributed by atoms with Crippen LogP contribution < -0.4 is 14.5 Å². The topological polar surface area (TPSA) is 78.2 Å². The molecule has 1 aliphatic rings. The first-order chi connectivity index (χ1) is 14.0. The van der Waals surface area contributed by atoms with E-state index in [-0.39, 0.29) is 5.75 Å². The van der Waals surface area contributed by atoms with Gasteiger partial charge in [-0.15, -0.1) is 0 Å². The molecule has 0 N–H and O–H groups in total. The first kappa shape index (κ1) is 18.8. The molecule has 0 aliphatic carbocycles. The van der Waals surface area contributed by atoms with Gasteiger partial charge in [-0.3, -0.25) is 4.98 Å². The van der Waals surface area contributed by atoms with E-state index in [1.807, 2.05) is 13.0 Å². The van der Waals surface area contributed by atoms with E-state index < -0.39 is 6.61 Å². The van der Waals surface area contributed by atoms with Crippen LogP contribution in [-0.4, -0.2) is 47.7 Å². The highest BCUT2D eigenvalue weighted by atomic mass is 19.3. The SMILES string of the molecule is Cc1nccc(N2CCN(c3c(C#N)cnc4ccc(OC(F)F)cc34)CC2)n1. The zero-order valence-electron chi connectivity index (χ0n) is 15.7. The maximum absolute atomic E-state index is 12.6. The van der Waals surface area contributed by atoms with Gasteiger partial charge in [0.05, 0.1) is 16.8 Å². The van der Waals surface area contributed by atoms with Gasteiger partial charge in [0, 0.05) is 44.0 Å². The van der Waals surface area contributed by atoms with E-state index in [0.717, 1.165) is 5.82 Å². The number of anilines is 2. The number of nitriles is 1. The Balaban J connectivity index is 1.65. The molecule has 1 fully saturated rings. The molecule has 7 nitrogen and oxygen atoms in total. The monoisotopic (exact) mass is 396 g/mol. The molecule has 0 amide bonds. The van der Waals surface area contributed by atoms with E-state index in [4.69, 9.17) is 0 Å². The number of aromatic nitrogens is 3. The van der Waals surface area contributed by atoms with Crippen LogP contribution in [0.1, 0.15) is 11.4 Å². The maximum Gasteiger partial charge on any atom is 0.387 e. The highest BCUT2D eigenvalue weighted by molar-refractivity contribution is 5.95. The smallest absolute Gasteiger partial charge is 0.387 e. The molecule has 0 spiro atoms. The van der Waals surface area contributed by atoms with E-state index >= 15 is 0 Å². The highest BCUT2D eigenvalue weighted by Crippen LogP contribution is 2.33. The van der Waals surface area contributed by atoms with Crippen LogP contribution in [-0.2, 0) is 0 Å². The number of ether oxygens (including phenoxy) is 1. The van der Waals surface area contributed by atoms with Crippen LogP contribution in [0.4, 0.5) is 20.3 Å². The molecule has 4 rings (SSSR count). The number of alkyl halides is 2. The molecule has 1 saturated heterocycles. The van der Waals surface area contributed by atoms with Gasteiger partial charge in [-0.1, -0.05) is 0 Å². The van der Waals surface area contributed by atoms with Crippen LogP contribution in [0.3, 0.4) is 0 Å². The molecule has 29 heavy (non-hydrogen) atoms. The van der Waals surface area contributed by atoms with Gasteiger partial charge in [-0.05, 0) is 31.2 Å². The third kappa shape index (κ3) is 3.87. The van der Waals surface area contributed by atoms with Gasteiger partial charge in [-0.25, -0.2) is 9.97 Å². The lowest BCUT2D eigenvalue weighted by molar-refractivity contribution is -0.0497. The third-order valence-electron chi connectivity index (χ3n) is 4.84. The molecule has 1 aromatic carbocycles. The van der Waals surface area contributed by atoms with Gasteiger partial charge in [0.25, 0.3) is 0 Å². The van der Waals surface area contributed by atoms with Crippen molar-refractivity contribution in [1.82, 2.24) is 15.0 Å². The number of halogens is 2. The average molecular weight is 396 g/mol. The predicted octanol–water partition coefficient (Wildman–Crippen LogP) is 3.13. The molecule has 2 aromatic heterocycles. The third-order valence-corrected chi connectivity index (χ3v) is 4.84. The van der Waals surface area contributed by atoms with Gasteiger partial charge < -0.3 is 14.5 Å². The Morgan fingerprint density at radius 2 is 1.86 bits per heavy atom. The normalized spacial score (nSPS) is 14.3. The van der Waals surface area contributed by atoms with Crippen LogP contribution in [0.5, 0.6) is 5.75 Å². The van der Waals surface area contributed by atoms with Crippen molar-refractivity contribution >= 4 is 22.4 Å². The lowest BCUT2D eigenvalue weighted by atomic mass is 10.1.